The molecule has 1 aliphatic heterocycles. The van der Waals surface area contributed by atoms with Crippen LogP contribution in [0.4, 0.5) is 0 Å². The molecule has 0 bridgehead atoms. The summed E-state index contributed by atoms with van der Waals surface area (Å²) in [6.45, 7) is 1.62. The van der Waals surface area contributed by atoms with Crippen molar-refractivity contribution in [2.24, 2.45) is 0 Å². The summed E-state index contributed by atoms with van der Waals surface area (Å²) < 4.78 is 5.28. The second-order valence-corrected chi connectivity index (χ2v) is 7.44. The van der Waals surface area contributed by atoms with E-state index in [0.29, 0.717) is 11.9 Å². The topological polar surface area (TPSA) is 34.1 Å². The number of nitrogens with zero attached hydrogens (tertiary/aromatic N) is 1. The van der Waals surface area contributed by atoms with Crippen LogP contribution in [0, 0.1) is 0 Å². The third-order valence-electron chi connectivity index (χ3n) is 3.41. The number of thiazole rings is 1. The van der Waals surface area contributed by atoms with Gasteiger partial charge in [-0.2, -0.15) is 11.8 Å². The van der Waals surface area contributed by atoms with Crippen molar-refractivity contribution < 1.29 is 4.74 Å². The van der Waals surface area contributed by atoms with Crippen molar-refractivity contribution in [2.75, 3.05) is 12.9 Å². The van der Waals surface area contributed by atoms with Crippen LogP contribution in [-0.4, -0.2) is 23.9 Å². The second kappa shape index (κ2) is 5.90. The Morgan fingerprint density at radius 1 is 1.39 bits per heavy atom. The van der Waals surface area contributed by atoms with E-state index >= 15 is 0 Å². The molecule has 0 spiro atoms. The Morgan fingerprint density at radius 2 is 2.28 bits per heavy atom. The summed E-state index contributed by atoms with van der Waals surface area (Å²) >= 11 is 3.95. The summed E-state index contributed by atoms with van der Waals surface area (Å²) in [7, 11) is 1.75. The van der Waals surface area contributed by atoms with Gasteiger partial charge in [0.05, 0.1) is 17.6 Å². The zero-order valence-electron chi connectivity index (χ0n) is 10.8. The van der Waals surface area contributed by atoms with E-state index in [2.05, 4.69) is 17.1 Å². The van der Waals surface area contributed by atoms with Gasteiger partial charge in [0.1, 0.15) is 5.01 Å². The molecule has 1 aliphatic carbocycles. The van der Waals surface area contributed by atoms with Crippen LogP contribution in [0.3, 0.4) is 0 Å². The fraction of sp³-hybridized carbons (Fsp3) is 0.769. The van der Waals surface area contributed by atoms with Crippen LogP contribution in [0.25, 0.3) is 0 Å². The van der Waals surface area contributed by atoms with Crippen LogP contribution in [-0.2, 0) is 17.9 Å². The predicted molar refractivity (Wildman–Crippen MR) is 77.1 cm³/mol. The zero-order chi connectivity index (χ0) is 12.4. The third-order valence-corrected chi connectivity index (χ3v) is 6.16. The zero-order valence-corrected chi connectivity index (χ0v) is 12.4. The monoisotopic (exact) mass is 284 g/mol. The van der Waals surface area contributed by atoms with E-state index in [1.165, 1.54) is 41.3 Å². The SMILES string of the molecule is COCc1nc(C2CCCS2)sc1CNC1CC1. The van der Waals surface area contributed by atoms with Gasteiger partial charge in [-0.25, -0.2) is 4.98 Å². The standard InChI is InChI=1S/C13H20N2OS2/c1-16-8-10-12(7-14-9-4-5-9)18-13(15-10)11-3-2-6-17-11/h9,11,14H,2-8H2,1H3. The van der Waals surface area contributed by atoms with Crippen LogP contribution in [0.1, 0.15) is 46.5 Å². The fourth-order valence-corrected chi connectivity index (χ4v) is 4.76. The van der Waals surface area contributed by atoms with Crippen LogP contribution in [0.5, 0.6) is 0 Å². The molecule has 1 saturated carbocycles. The number of rotatable bonds is 6. The van der Waals surface area contributed by atoms with E-state index in [0.717, 1.165) is 18.3 Å². The Bertz CT molecular complexity index is 398. The number of hydrogen-bond acceptors (Lipinski definition) is 5. The van der Waals surface area contributed by atoms with Crippen LogP contribution >= 0.6 is 23.1 Å². The van der Waals surface area contributed by atoms with E-state index in [4.69, 9.17) is 9.72 Å². The average Bonchev–Trinajstić information content (AvgIpc) is 2.90. The second-order valence-electron chi connectivity index (χ2n) is 5.01. The van der Waals surface area contributed by atoms with Crippen LogP contribution in [0.2, 0.25) is 0 Å². The first-order valence-electron chi connectivity index (χ1n) is 6.69. The highest BCUT2D eigenvalue weighted by Crippen LogP contribution is 2.42. The molecule has 3 nitrogen and oxygen atoms in total. The van der Waals surface area contributed by atoms with E-state index in [1.54, 1.807) is 7.11 Å². The Kier molecular flexibility index (Phi) is 4.23. The van der Waals surface area contributed by atoms with Crippen molar-refractivity contribution in [2.45, 2.75) is 50.1 Å². The molecule has 3 rings (SSSR count). The molecular weight excluding hydrogens is 264 g/mol. The molecule has 5 heteroatoms. The fourth-order valence-electron chi connectivity index (χ4n) is 2.23. The van der Waals surface area contributed by atoms with Crippen molar-refractivity contribution >= 4 is 23.1 Å². The van der Waals surface area contributed by atoms with Crippen LogP contribution in [0.15, 0.2) is 0 Å². The van der Waals surface area contributed by atoms with Crippen molar-refractivity contribution in [1.82, 2.24) is 10.3 Å². The Morgan fingerprint density at radius 3 is 2.94 bits per heavy atom. The number of hydrogen-bond donors (Lipinski definition) is 1. The molecule has 0 radical (unpaired) electrons. The maximum absolute atomic E-state index is 5.28. The highest BCUT2D eigenvalue weighted by molar-refractivity contribution is 7.99. The molecule has 18 heavy (non-hydrogen) atoms. The quantitative estimate of drug-likeness (QED) is 0.870. The third kappa shape index (κ3) is 3.07. The van der Waals surface area contributed by atoms with E-state index in [9.17, 15) is 0 Å². The van der Waals surface area contributed by atoms with Gasteiger partial charge in [-0.3, -0.25) is 0 Å². The summed E-state index contributed by atoms with van der Waals surface area (Å²) in [5.41, 5.74) is 1.15. The maximum atomic E-state index is 5.28. The van der Waals surface area contributed by atoms with Gasteiger partial charge >= 0.3 is 0 Å². The van der Waals surface area contributed by atoms with Crippen molar-refractivity contribution in [3.63, 3.8) is 0 Å². The molecule has 1 N–H and O–H groups in total. The van der Waals surface area contributed by atoms with Gasteiger partial charge in [-0.15, -0.1) is 11.3 Å². The maximum Gasteiger partial charge on any atom is 0.106 e. The highest BCUT2D eigenvalue weighted by atomic mass is 32.2. The molecule has 100 valence electrons. The number of nitrogens with one attached hydrogen (secondary N) is 1. The highest BCUT2D eigenvalue weighted by Gasteiger charge is 2.25. The van der Waals surface area contributed by atoms with E-state index < -0.39 is 0 Å². The van der Waals surface area contributed by atoms with Crippen LogP contribution < -0.4 is 5.32 Å². The van der Waals surface area contributed by atoms with E-state index in [1.807, 2.05) is 11.3 Å². The first-order valence-corrected chi connectivity index (χ1v) is 8.55. The average molecular weight is 284 g/mol. The van der Waals surface area contributed by atoms with Gasteiger partial charge < -0.3 is 10.1 Å². The number of methoxy groups -OCH3 is 1. The smallest absolute Gasteiger partial charge is 0.106 e. The van der Waals surface area contributed by atoms with Gasteiger partial charge in [0.15, 0.2) is 0 Å². The van der Waals surface area contributed by atoms with Crippen molar-refractivity contribution in [3.8, 4) is 0 Å². The molecule has 1 atom stereocenters. The lowest BCUT2D eigenvalue weighted by molar-refractivity contribution is 0.181. The van der Waals surface area contributed by atoms with Crippen molar-refractivity contribution in [1.29, 1.82) is 0 Å². The molecule has 1 aromatic rings. The minimum absolute atomic E-state index is 0.639. The van der Waals surface area contributed by atoms with Crippen molar-refractivity contribution in [3.05, 3.63) is 15.6 Å². The molecule has 1 saturated heterocycles. The Labute approximate surface area is 117 Å². The lowest BCUT2D eigenvalue weighted by Gasteiger charge is -2.02. The molecule has 1 unspecified atom stereocenters. The molecule has 2 fully saturated rings. The van der Waals surface area contributed by atoms with Gasteiger partial charge in [0, 0.05) is 24.6 Å². The van der Waals surface area contributed by atoms with E-state index in [-0.39, 0.29) is 0 Å². The minimum atomic E-state index is 0.639. The first-order chi connectivity index (χ1) is 8.86. The lowest BCUT2D eigenvalue weighted by Crippen LogP contribution is -2.15. The summed E-state index contributed by atoms with van der Waals surface area (Å²) in [6.07, 6.45) is 5.30. The molecule has 2 heterocycles. The van der Waals surface area contributed by atoms with Gasteiger partial charge in [-0.1, -0.05) is 0 Å². The summed E-state index contributed by atoms with van der Waals surface area (Å²) in [5.74, 6) is 1.29. The molecule has 0 amide bonds. The van der Waals surface area contributed by atoms with Gasteiger partial charge in [0.25, 0.3) is 0 Å². The van der Waals surface area contributed by atoms with Gasteiger partial charge in [0.2, 0.25) is 0 Å². The first kappa shape index (κ1) is 12.9. The van der Waals surface area contributed by atoms with Gasteiger partial charge in [-0.05, 0) is 31.4 Å². The normalized spacial score (nSPS) is 23.7. The minimum Gasteiger partial charge on any atom is -0.378 e. The number of aromatic nitrogens is 1. The Hall–Kier alpha value is -0.100. The number of thioether (sulfide) groups is 1. The Balaban J connectivity index is 1.71. The summed E-state index contributed by atoms with van der Waals surface area (Å²) in [6, 6.07) is 0.756. The lowest BCUT2D eigenvalue weighted by atomic mass is 10.2. The molecule has 0 aromatic carbocycles. The molecule has 2 aliphatic rings. The largest absolute Gasteiger partial charge is 0.378 e. The summed E-state index contributed by atoms with van der Waals surface area (Å²) in [4.78, 5) is 6.19. The molecule has 1 aromatic heterocycles. The molecular formula is C13H20N2OS2. The number of ether oxygens (including phenoxy) is 1. The predicted octanol–water partition coefficient (Wildman–Crippen LogP) is 3.11. The summed E-state index contributed by atoms with van der Waals surface area (Å²) in [5, 5.41) is 5.54.